The summed E-state index contributed by atoms with van der Waals surface area (Å²) in [6, 6.07) is 9.61. The van der Waals surface area contributed by atoms with Crippen molar-refractivity contribution in [1.82, 2.24) is 20.5 Å². The lowest BCUT2D eigenvalue weighted by molar-refractivity contribution is -0.124. The van der Waals surface area contributed by atoms with Crippen LogP contribution in [0.1, 0.15) is 34.3 Å². The molecule has 2 saturated heterocycles. The monoisotopic (exact) mass is 425 g/mol. The van der Waals surface area contributed by atoms with Gasteiger partial charge in [0.2, 0.25) is 0 Å². The number of hydrogen-bond acceptors (Lipinski definition) is 5. The highest BCUT2D eigenvalue weighted by atomic mass is 19.1. The third-order valence-electron chi connectivity index (χ3n) is 5.81. The molecule has 4 amide bonds. The molecule has 0 radical (unpaired) electrons. The van der Waals surface area contributed by atoms with Crippen molar-refractivity contribution in [1.29, 1.82) is 0 Å². The molecule has 1 atom stereocenters. The summed E-state index contributed by atoms with van der Waals surface area (Å²) >= 11 is 0. The summed E-state index contributed by atoms with van der Waals surface area (Å²) in [5.74, 6) is -0.0276. The van der Waals surface area contributed by atoms with E-state index >= 15 is 0 Å². The van der Waals surface area contributed by atoms with Crippen molar-refractivity contribution in [2.45, 2.75) is 31.3 Å². The molecule has 2 aliphatic heterocycles. The number of piperidine rings is 1. The third-order valence-corrected chi connectivity index (χ3v) is 5.81. The molecule has 8 nitrogen and oxygen atoms in total. The van der Waals surface area contributed by atoms with Crippen LogP contribution in [0.15, 0.2) is 42.6 Å². The Labute approximate surface area is 179 Å². The van der Waals surface area contributed by atoms with Gasteiger partial charge >= 0.3 is 6.03 Å². The van der Waals surface area contributed by atoms with Crippen LogP contribution in [0.3, 0.4) is 0 Å². The van der Waals surface area contributed by atoms with Crippen LogP contribution in [0.4, 0.5) is 15.0 Å². The summed E-state index contributed by atoms with van der Waals surface area (Å²) in [6.07, 6.45) is 3.42. The average Bonchev–Trinajstić information content (AvgIpc) is 3.09. The molecule has 2 aliphatic rings. The Balaban J connectivity index is 1.37. The number of carbonyl (C=O) groups is 3. The van der Waals surface area contributed by atoms with Crippen LogP contribution in [0.2, 0.25) is 0 Å². The van der Waals surface area contributed by atoms with E-state index in [9.17, 15) is 18.8 Å². The summed E-state index contributed by atoms with van der Waals surface area (Å²) in [4.78, 5) is 42.5. The number of aryl methyl sites for hydroxylation is 1. The van der Waals surface area contributed by atoms with Crippen molar-refractivity contribution >= 4 is 23.7 Å². The van der Waals surface area contributed by atoms with Crippen LogP contribution < -0.4 is 16.0 Å². The van der Waals surface area contributed by atoms with Gasteiger partial charge in [0.25, 0.3) is 11.8 Å². The number of amides is 4. The Bertz CT molecular complexity index is 987. The van der Waals surface area contributed by atoms with E-state index in [0.29, 0.717) is 24.2 Å². The van der Waals surface area contributed by atoms with E-state index in [-0.39, 0.29) is 11.9 Å². The number of anilines is 1. The first kappa shape index (κ1) is 20.8. The molecule has 0 spiro atoms. The van der Waals surface area contributed by atoms with Gasteiger partial charge in [-0.2, -0.15) is 0 Å². The maximum absolute atomic E-state index is 13.7. The number of imide groups is 1. The molecular formula is C22H24FN5O3. The minimum absolute atomic E-state index is 0.118. The lowest BCUT2D eigenvalue weighted by Gasteiger charge is -2.33. The second-order valence-corrected chi connectivity index (χ2v) is 7.96. The molecule has 2 fully saturated rings. The molecule has 0 saturated carbocycles. The third kappa shape index (κ3) is 4.08. The van der Waals surface area contributed by atoms with Crippen molar-refractivity contribution in [3.05, 3.63) is 59.3 Å². The molecule has 9 heteroatoms. The molecule has 31 heavy (non-hydrogen) atoms. The normalized spacial score (nSPS) is 21.5. The molecular weight excluding hydrogens is 401 g/mol. The zero-order valence-electron chi connectivity index (χ0n) is 17.2. The maximum atomic E-state index is 13.7. The molecule has 3 heterocycles. The number of urea groups is 1. The van der Waals surface area contributed by atoms with E-state index in [4.69, 9.17) is 0 Å². The lowest BCUT2D eigenvalue weighted by atomic mass is 9.90. The fourth-order valence-corrected chi connectivity index (χ4v) is 3.94. The van der Waals surface area contributed by atoms with Gasteiger partial charge in [0.1, 0.15) is 12.5 Å². The zero-order valence-corrected chi connectivity index (χ0v) is 17.2. The first-order valence-electron chi connectivity index (χ1n) is 10.2. The number of likely N-dealkylation sites (tertiary alicyclic amines) is 1. The van der Waals surface area contributed by atoms with Crippen LogP contribution in [0, 0.1) is 6.92 Å². The van der Waals surface area contributed by atoms with E-state index in [2.05, 4.69) is 20.9 Å². The van der Waals surface area contributed by atoms with Crippen LogP contribution >= 0.6 is 0 Å². The Morgan fingerprint density at radius 1 is 1.19 bits per heavy atom. The van der Waals surface area contributed by atoms with Crippen molar-refractivity contribution in [3.8, 4) is 0 Å². The summed E-state index contributed by atoms with van der Waals surface area (Å²) in [5, 5.41) is 7.80. The number of carbonyl (C=O) groups excluding carboxylic acids is 3. The van der Waals surface area contributed by atoms with E-state index in [0.717, 1.165) is 24.2 Å². The van der Waals surface area contributed by atoms with Gasteiger partial charge in [0.05, 0.1) is 0 Å². The molecule has 1 aromatic carbocycles. The highest BCUT2D eigenvalue weighted by Gasteiger charge is 2.48. The van der Waals surface area contributed by atoms with Crippen molar-refractivity contribution in [3.63, 3.8) is 0 Å². The van der Waals surface area contributed by atoms with Gasteiger partial charge in [-0.05, 0) is 49.1 Å². The van der Waals surface area contributed by atoms with Gasteiger partial charge in [0, 0.05) is 30.9 Å². The van der Waals surface area contributed by atoms with E-state index < -0.39 is 24.2 Å². The number of aromatic nitrogens is 1. The number of alkyl halides is 1. The van der Waals surface area contributed by atoms with Gasteiger partial charge in [-0.3, -0.25) is 14.9 Å². The SMILES string of the molecule is Cc1ccc(NC2CCN(C(=O)c3ccc(C4(CF)NC(=O)NC4=O)cc3)CC2)nc1. The summed E-state index contributed by atoms with van der Waals surface area (Å²) in [5.41, 5.74) is 0.107. The molecule has 3 N–H and O–H groups in total. The first-order chi connectivity index (χ1) is 14.9. The molecule has 4 rings (SSSR count). The first-order valence-corrected chi connectivity index (χ1v) is 10.2. The summed E-state index contributed by atoms with van der Waals surface area (Å²) < 4.78 is 13.7. The molecule has 1 aromatic heterocycles. The molecule has 1 unspecified atom stereocenters. The van der Waals surface area contributed by atoms with E-state index in [1.54, 1.807) is 17.0 Å². The Hall–Kier alpha value is -3.49. The van der Waals surface area contributed by atoms with E-state index in [1.807, 2.05) is 25.3 Å². The number of benzene rings is 1. The predicted molar refractivity (Wildman–Crippen MR) is 112 cm³/mol. The lowest BCUT2D eigenvalue weighted by Crippen LogP contribution is -2.46. The number of rotatable bonds is 5. The van der Waals surface area contributed by atoms with Crippen LogP contribution in [0.5, 0.6) is 0 Å². The van der Waals surface area contributed by atoms with Gasteiger partial charge < -0.3 is 15.5 Å². The second kappa shape index (κ2) is 8.33. The second-order valence-electron chi connectivity index (χ2n) is 7.96. The van der Waals surface area contributed by atoms with Gasteiger partial charge in [-0.15, -0.1) is 0 Å². The number of halogens is 1. The Morgan fingerprint density at radius 3 is 2.45 bits per heavy atom. The van der Waals surface area contributed by atoms with Gasteiger partial charge in [-0.25, -0.2) is 14.2 Å². The smallest absolute Gasteiger partial charge is 0.322 e. The largest absolute Gasteiger partial charge is 0.367 e. The van der Waals surface area contributed by atoms with Crippen molar-refractivity contribution in [2.24, 2.45) is 0 Å². The molecule has 0 aliphatic carbocycles. The number of pyridine rings is 1. The summed E-state index contributed by atoms with van der Waals surface area (Å²) in [7, 11) is 0. The topological polar surface area (TPSA) is 103 Å². The van der Waals surface area contributed by atoms with Crippen molar-refractivity contribution < 1.29 is 18.8 Å². The van der Waals surface area contributed by atoms with Crippen molar-refractivity contribution in [2.75, 3.05) is 25.1 Å². The number of hydrogen-bond donors (Lipinski definition) is 3. The summed E-state index contributed by atoms with van der Waals surface area (Å²) in [6.45, 7) is 2.13. The molecule has 162 valence electrons. The maximum Gasteiger partial charge on any atom is 0.322 e. The Kier molecular flexibility index (Phi) is 5.58. The minimum Gasteiger partial charge on any atom is -0.367 e. The molecule has 0 bridgehead atoms. The fraction of sp³-hybridized carbons (Fsp3) is 0.364. The predicted octanol–water partition coefficient (Wildman–Crippen LogP) is 2.11. The average molecular weight is 425 g/mol. The highest BCUT2D eigenvalue weighted by molar-refractivity contribution is 6.07. The van der Waals surface area contributed by atoms with Crippen LogP contribution in [0.25, 0.3) is 0 Å². The van der Waals surface area contributed by atoms with E-state index in [1.165, 1.54) is 12.1 Å². The number of nitrogens with one attached hydrogen (secondary N) is 3. The highest BCUT2D eigenvalue weighted by Crippen LogP contribution is 2.26. The van der Waals surface area contributed by atoms with Gasteiger partial charge in [0.15, 0.2) is 5.54 Å². The quantitative estimate of drug-likeness (QED) is 0.637. The Morgan fingerprint density at radius 2 is 1.90 bits per heavy atom. The fourth-order valence-electron chi connectivity index (χ4n) is 3.94. The number of nitrogens with zero attached hydrogens (tertiary/aromatic N) is 2. The zero-order chi connectivity index (χ0) is 22.0. The van der Waals surface area contributed by atoms with Crippen LogP contribution in [-0.2, 0) is 10.3 Å². The van der Waals surface area contributed by atoms with Crippen LogP contribution in [-0.4, -0.2) is 53.5 Å². The standard InChI is InChI=1S/C22H24FN5O3/c1-14-2-7-18(24-12-14)25-17-8-10-28(11-9-17)19(29)15-3-5-16(6-4-15)22(13-23)20(30)26-21(31)27-22/h2-7,12,17H,8-11,13H2,1H3,(H,24,25)(H2,26,27,30,31). The minimum atomic E-state index is -1.74. The van der Waals surface area contributed by atoms with Gasteiger partial charge in [-0.1, -0.05) is 18.2 Å². The molecule has 2 aromatic rings.